The highest BCUT2D eigenvalue weighted by Crippen LogP contribution is 2.32. The first-order valence-electron chi connectivity index (χ1n) is 11.2. The smallest absolute Gasteiger partial charge is 0.266 e. The van der Waals surface area contributed by atoms with E-state index in [0.717, 1.165) is 16.0 Å². The molecule has 5 rings (SSSR count). The average molecular weight is 486 g/mol. The Hall–Kier alpha value is -3.91. The van der Waals surface area contributed by atoms with Crippen LogP contribution in [0.1, 0.15) is 42.2 Å². The summed E-state index contributed by atoms with van der Waals surface area (Å²) in [6, 6.07) is 20.7. The van der Waals surface area contributed by atoms with Gasteiger partial charge in [0.25, 0.3) is 17.7 Å². The van der Waals surface area contributed by atoms with E-state index in [1.165, 1.54) is 28.8 Å². The van der Waals surface area contributed by atoms with Crippen molar-refractivity contribution in [2.75, 3.05) is 16.5 Å². The maximum atomic E-state index is 13.4. The third-order valence-corrected chi connectivity index (χ3v) is 7.26. The molecule has 4 amide bonds. The van der Waals surface area contributed by atoms with Gasteiger partial charge in [0.1, 0.15) is 6.04 Å². The molecule has 8 heteroatoms. The van der Waals surface area contributed by atoms with Crippen LogP contribution in [0.4, 0.5) is 5.69 Å². The van der Waals surface area contributed by atoms with Gasteiger partial charge >= 0.3 is 0 Å². The van der Waals surface area contributed by atoms with Crippen LogP contribution in [0, 0.1) is 6.92 Å². The van der Waals surface area contributed by atoms with Crippen molar-refractivity contribution in [2.45, 2.75) is 19.5 Å². The fourth-order valence-corrected chi connectivity index (χ4v) is 5.49. The second kappa shape index (κ2) is 9.38. The zero-order chi connectivity index (χ0) is 24.5. The van der Waals surface area contributed by atoms with E-state index in [4.69, 9.17) is 0 Å². The average Bonchev–Trinajstić information content (AvgIpc) is 3.46. The van der Waals surface area contributed by atoms with Crippen LogP contribution in [0.2, 0.25) is 0 Å². The topological polar surface area (TPSA) is 86.8 Å². The van der Waals surface area contributed by atoms with Crippen LogP contribution >= 0.6 is 11.8 Å². The van der Waals surface area contributed by atoms with Crippen LogP contribution < -0.4 is 10.2 Å². The molecule has 0 aromatic heterocycles. The van der Waals surface area contributed by atoms with E-state index in [-0.39, 0.29) is 28.5 Å². The number of thioether (sulfide) groups is 1. The van der Waals surface area contributed by atoms with Crippen LogP contribution in [-0.2, 0) is 11.3 Å². The predicted molar refractivity (Wildman–Crippen MR) is 134 cm³/mol. The highest BCUT2D eigenvalue weighted by Gasteiger charge is 2.39. The van der Waals surface area contributed by atoms with Crippen molar-refractivity contribution in [3.63, 3.8) is 0 Å². The molecule has 1 unspecified atom stereocenters. The van der Waals surface area contributed by atoms with Crippen LogP contribution in [0.3, 0.4) is 0 Å². The minimum Gasteiger partial charge on any atom is -0.350 e. The number of hydrogen-bond acceptors (Lipinski definition) is 5. The number of para-hydroxylation sites is 1. The zero-order valence-electron chi connectivity index (χ0n) is 19.1. The Balaban J connectivity index is 1.35. The molecule has 0 aliphatic carbocycles. The number of nitrogens with zero attached hydrogens (tertiary/aromatic N) is 2. The van der Waals surface area contributed by atoms with Gasteiger partial charge in [-0.3, -0.25) is 19.2 Å². The van der Waals surface area contributed by atoms with Crippen LogP contribution in [0.25, 0.3) is 0 Å². The minimum atomic E-state index is -0.606. The van der Waals surface area contributed by atoms with Gasteiger partial charge in [0.15, 0.2) is 0 Å². The van der Waals surface area contributed by atoms with Gasteiger partial charge in [-0.15, -0.1) is 11.8 Å². The molecule has 0 bridgehead atoms. The number of benzene rings is 3. The van der Waals surface area contributed by atoms with E-state index in [9.17, 15) is 19.2 Å². The molecule has 0 radical (unpaired) electrons. The van der Waals surface area contributed by atoms with Gasteiger partial charge < -0.3 is 10.2 Å². The predicted octanol–water partition coefficient (Wildman–Crippen LogP) is 3.63. The quantitative estimate of drug-likeness (QED) is 0.558. The summed E-state index contributed by atoms with van der Waals surface area (Å²) in [7, 11) is 0. The monoisotopic (exact) mass is 485 g/mol. The minimum absolute atomic E-state index is 0.195. The maximum Gasteiger partial charge on any atom is 0.266 e. The molecule has 1 saturated heterocycles. The summed E-state index contributed by atoms with van der Waals surface area (Å²) in [6.45, 7) is 2.22. The zero-order valence-corrected chi connectivity index (χ0v) is 19.9. The Morgan fingerprint density at radius 3 is 2.43 bits per heavy atom. The van der Waals surface area contributed by atoms with E-state index in [1.807, 2.05) is 49.4 Å². The van der Waals surface area contributed by atoms with E-state index in [0.29, 0.717) is 23.9 Å². The summed E-state index contributed by atoms with van der Waals surface area (Å²) < 4.78 is 0. The standard InChI is InChI=1S/C27H23N3O4S/c1-17-7-5-6-10-22(17)30-26(33)20-12-11-19(13-21(20)27(30)34)25(32)29-16-35-15-23(29)24(31)28-14-18-8-3-2-4-9-18/h2-13,23H,14-16H2,1H3,(H,28,31). The molecule has 1 N–H and O–H groups in total. The van der Waals surface area contributed by atoms with Gasteiger partial charge in [0, 0.05) is 17.9 Å². The molecule has 1 fully saturated rings. The highest BCUT2D eigenvalue weighted by molar-refractivity contribution is 7.99. The van der Waals surface area contributed by atoms with Crippen LogP contribution in [-0.4, -0.2) is 46.2 Å². The van der Waals surface area contributed by atoms with Crippen LogP contribution in [0.5, 0.6) is 0 Å². The number of rotatable bonds is 5. The molecule has 7 nitrogen and oxygen atoms in total. The summed E-state index contributed by atoms with van der Waals surface area (Å²) in [5, 5.41) is 2.91. The number of fused-ring (bicyclic) bond motifs is 1. The first-order chi connectivity index (χ1) is 17.0. The third kappa shape index (κ3) is 4.21. The van der Waals surface area contributed by atoms with E-state index < -0.39 is 17.9 Å². The Morgan fingerprint density at radius 2 is 1.66 bits per heavy atom. The lowest BCUT2D eigenvalue weighted by molar-refractivity contribution is -0.124. The van der Waals surface area contributed by atoms with Crippen molar-refractivity contribution in [2.24, 2.45) is 0 Å². The molecule has 3 aromatic rings. The van der Waals surface area contributed by atoms with Gasteiger partial charge in [0.05, 0.1) is 22.7 Å². The molecule has 3 aromatic carbocycles. The molecular formula is C27H23N3O4S. The molecule has 176 valence electrons. The Morgan fingerprint density at radius 1 is 0.943 bits per heavy atom. The van der Waals surface area contributed by atoms with Crippen LogP contribution in [0.15, 0.2) is 72.8 Å². The van der Waals surface area contributed by atoms with Gasteiger partial charge in [-0.1, -0.05) is 48.5 Å². The Bertz CT molecular complexity index is 1340. The lowest BCUT2D eigenvalue weighted by Gasteiger charge is -2.23. The van der Waals surface area contributed by atoms with E-state index >= 15 is 0 Å². The van der Waals surface area contributed by atoms with Crippen molar-refractivity contribution in [3.05, 3.63) is 101 Å². The molecule has 2 heterocycles. The molecule has 2 aliphatic rings. The number of amides is 4. The SMILES string of the molecule is Cc1ccccc1N1C(=O)c2ccc(C(=O)N3CSCC3C(=O)NCc3ccccc3)cc2C1=O. The number of carbonyl (C=O) groups excluding carboxylic acids is 4. The third-order valence-electron chi connectivity index (χ3n) is 6.25. The Labute approximate surface area is 207 Å². The normalized spacial score (nSPS) is 17.0. The molecule has 1 atom stereocenters. The van der Waals surface area contributed by atoms with Crippen molar-refractivity contribution < 1.29 is 19.2 Å². The maximum absolute atomic E-state index is 13.4. The van der Waals surface area contributed by atoms with Gasteiger partial charge in [0.2, 0.25) is 5.91 Å². The van der Waals surface area contributed by atoms with Gasteiger partial charge in [-0.2, -0.15) is 0 Å². The second-order valence-corrected chi connectivity index (χ2v) is 9.49. The molecule has 0 spiro atoms. The Kier molecular flexibility index (Phi) is 6.13. The largest absolute Gasteiger partial charge is 0.350 e. The lowest BCUT2D eigenvalue weighted by Crippen LogP contribution is -2.47. The first kappa shape index (κ1) is 22.9. The van der Waals surface area contributed by atoms with Crippen molar-refractivity contribution in [1.29, 1.82) is 0 Å². The number of anilines is 1. The highest BCUT2D eigenvalue weighted by atomic mass is 32.2. The van der Waals surface area contributed by atoms with E-state index in [1.54, 1.807) is 18.2 Å². The number of imide groups is 1. The molecule has 0 saturated carbocycles. The second-order valence-electron chi connectivity index (χ2n) is 8.49. The van der Waals surface area contributed by atoms with Crippen molar-refractivity contribution in [3.8, 4) is 0 Å². The van der Waals surface area contributed by atoms with Crippen molar-refractivity contribution >= 4 is 41.1 Å². The first-order valence-corrected chi connectivity index (χ1v) is 12.4. The van der Waals surface area contributed by atoms with Gasteiger partial charge in [-0.25, -0.2) is 4.90 Å². The number of aryl methyl sites for hydroxylation is 1. The molecule has 35 heavy (non-hydrogen) atoms. The fourth-order valence-electron chi connectivity index (χ4n) is 4.34. The number of nitrogens with one attached hydrogen (secondary N) is 1. The summed E-state index contributed by atoms with van der Waals surface area (Å²) in [4.78, 5) is 55.0. The fraction of sp³-hybridized carbons (Fsp3) is 0.185. The lowest BCUT2D eigenvalue weighted by atomic mass is 10.0. The summed E-state index contributed by atoms with van der Waals surface area (Å²) in [5.74, 6) is -0.551. The summed E-state index contributed by atoms with van der Waals surface area (Å²) in [6.07, 6.45) is 0. The molecule has 2 aliphatic heterocycles. The van der Waals surface area contributed by atoms with Gasteiger partial charge in [-0.05, 0) is 42.3 Å². The van der Waals surface area contributed by atoms with E-state index in [2.05, 4.69) is 5.32 Å². The summed E-state index contributed by atoms with van der Waals surface area (Å²) in [5.41, 5.74) is 3.04. The van der Waals surface area contributed by atoms with Crippen molar-refractivity contribution in [1.82, 2.24) is 10.2 Å². The number of carbonyl (C=O) groups is 4. The molecular weight excluding hydrogens is 462 g/mol. The number of hydrogen-bond donors (Lipinski definition) is 1. The summed E-state index contributed by atoms with van der Waals surface area (Å²) >= 11 is 1.50.